The smallest absolute Gasteiger partial charge is 0.224 e. The monoisotopic (exact) mass is 278 g/mol. The van der Waals surface area contributed by atoms with Gasteiger partial charge >= 0.3 is 0 Å². The summed E-state index contributed by atoms with van der Waals surface area (Å²) >= 11 is 0. The molecular formula is C17H30N2O. The average molecular weight is 278 g/mol. The van der Waals surface area contributed by atoms with Gasteiger partial charge in [-0.3, -0.25) is 4.79 Å². The Hall–Kier alpha value is -0.570. The highest BCUT2D eigenvalue weighted by atomic mass is 16.2. The van der Waals surface area contributed by atoms with Crippen molar-refractivity contribution in [2.45, 2.75) is 58.4 Å². The van der Waals surface area contributed by atoms with Crippen molar-refractivity contribution >= 4 is 5.91 Å². The summed E-state index contributed by atoms with van der Waals surface area (Å²) in [5, 5.41) is 3.36. The van der Waals surface area contributed by atoms with E-state index in [-0.39, 0.29) is 11.8 Å². The van der Waals surface area contributed by atoms with E-state index in [0.717, 1.165) is 30.1 Å². The van der Waals surface area contributed by atoms with Crippen LogP contribution in [0.15, 0.2) is 0 Å². The molecule has 3 fully saturated rings. The Morgan fingerprint density at radius 1 is 1.20 bits per heavy atom. The van der Waals surface area contributed by atoms with Crippen LogP contribution >= 0.6 is 0 Å². The van der Waals surface area contributed by atoms with E-state index in [0.29, 0.717) is 18.5 Å². The Morgan fingerprint density at radius 3 is 2.65 bits per heavy atom. The molecule has 0 aromatic carbocycles. The first kappa shape index (κ1) is 14.4. The van der Waals surface area contributed by atoms with Crippen LogP contribution in [0.5, 0.6) is 0 Å². The summed E-state index contributed by atoms with van der Waals surface area (Å²) < 4.78 is 0. The standard InChI is InChI=1S/C17H30N2O/c1-10(2)6-12(9-18)17(20)19-16-8-11-7-15(16)14-5-3-4-13(11)14/h10-16H,3-9,18H2,1-2H3,(H,19,20). The Labute approximate surface area is 123 Å². The molecule has 3 N–H and O–H groups in total. The van der Waals surface area contributed by atoms with Crippen LogP contribution in [0.2, 0.25) is 0 Å². The van der Waals surface area contributed by atoms with Gasteiger partial charge in [-0.15, -0.1) is 0 Å². The summed E-state index contributed by atoms with van der Waals surface area (Å²) in [4.78, 5) is 12.4. The molecule has 2 bridgehead atoms. The van der Waals surface area contributed by atoms with Crippen LogP contribution < -0.4 is 11.1 Å². The van der Waals surface area contributed by atoms with Crippen molar-refractivity contribution in [2.75, 3.05) is 6.54 Å². The zero-order chi connectivity index (χ0) is 14.3. The van der Waals surface area contributed by atoms with Gasteiger partial charge in [0.05, 0.1) is 5.92 Å². The van der Waals surface area contributed by atoms with Crippen LogP contribution in [0, 0.1) is 35.5 Å². The maximum absolute atomic E-state index is 12.4. The van der Waals surface area contributed by atoms with Gasteiger partial charge in [-0.25, -0.2) is 0 Å². The van der Waals surface area contributed by atoms with Crippen molar-refractivity contribution in [1.82, 2.24) is 5.32 Å². The van der Waals surface area contributed by atoms with Crippen molar-refractivity contribution < 1.29 is 4.79 Å². The normalized spacial score (nSPS) is 40.1. The minimum absolute atomic E-state index is 0.00787. The molecular weight excluding hydrogens is 248 g/mol. The second-order valence-electron chi connectivity index (χ2n) is 7.83. The fraction of sp³-hybridized carbons (Fsp3) is 0.941. The van der Waals surface area contributed by atoms with E-state index in [1.165, 1.54) is 32.1 Å². The maximum atomic E-state index is 12.4. The van der Waals surface area contributed by atoms with E-state index in [1.54, 1.807) is 0 Å². The van der Waals surface area contributed by atoms with Gasteiger partial charge in [-0.1, -0.05) is 20.3 Å². The summed E-state index contributed by atoms with van der Waals surface area (Å²) in [6.45, 7) is 4.81. The molecule has 1 amide bonds. The molecule has 3 aliphatic rings. The molecule has 0 aliphatic heterocycles. The number of rotatable bonds is 5. The minimum Gasteiger partial charge on any atom is -0.353 e. The van der Waals surface area contributed by atoms with Crippen molar-refractivity contribution in [3.8, 4) is 0 Å². The predicted octanol–water partition coefficient (Wildman–Crippen LogP) is 2.55. The zero-order valence-electron chi connectivity index (χ0n) is 13.0. The van der Waals surface area contributed by atoms with Crippen molar-refractivity contribution in [1.29, 1.82) is 0 Å². The SMILES string of the molecule is CC(C)CC(CN)C(=O)NC1CC2CC1C1CCCC21. The third kappa shape index (κ3) is 2.49. The highest BCUT2D eigenvalue weighted by molar-refractivity contribution is 5.79. The van der Waals surface area contributed by atoms with Crippen LogP contribution in [0.4, 0.5) is 0 Å². The summed E-state index contributed by atoms with van der Waals surface area (Å²) in [6, 6.07) is 0.452. The molecule has 0 radical (unpaired) electrons. The van der Waals surface area contributed by atoms with Gasteiger partial charge in [0.2, 0.25) is 5.91 Å². The lowest BCUT2D eigenvalue weighted by atomic mass is 9.79. The van der Waals surface area contributed by atoms with Crippen LogP contribution in [0.25, 0.3) is 0 Å². The first-order valence-electron chi connectivity index (χ1n) is 8.60. The molecule has 3 saturated carbocycles. The van der Waals surface area contributed by atoms with E-state index in [4.69, 9.17) is 5.73 Å². The summed E-state index contributed by atoms with van der Waals surface area (Å²) in [6.07, 6.45) is 7.79. The van der Waals surface area contributed by atoms with Gasteiger partial charge in [0, 0.05) is 12.6 Å². The Balaban J connectivity index is 1.57. The van der Waals surface area contributed by atoms with E-state index in [2.05, 4.69) is 19.2 Å². The zero-order valence-corrected chi connectivity index (χ0v) is 13.0. The number of hydrogen-bond donors (Lipinski definition) is 2. The van der Waals surface area contributed by atoms with Gasteiger partial charge in [-0.2, -0.15) is 0 Å². The highest BCUT2D eigenvalue weighted by Gasteiger charge is 2.54. The van der Waals surface area contributed by atoms with Gasteiger partial charge in [0.1, 0.15) is 0 Å². The molecule has 0 heterocycles. The number of nitrogens with two attached hydrogens (primary N) is 1. The number of amides is 1. The molecule has 3 rings (SSSR count). The summed E-state index contributed by atoms with van der Waals surface area (Å²) in [7, 11) is 0. The highest BCUT2D eigenvalue weighted by Crippen LogP contribution is 2.58. The molecule has 0 spiro atoms. The number of carbonyl (C=O) groups is 1. The Morgan fingerprint density at radius 2 is 1.95 bits per heavy atom. The van der Waals surface area contributed by atoms with Crippen LogP contribution in [-0.2, 0) is 4.79 Å². The largest absolute Gasteiger partial charge is 0.353 e. The first-order chi connectivity index (χ1) is 9.60. The predicted molar refractivity (Wildman–Crippen MR) is 81.0 cm³/mol. The lowest BCUT2D eigenvalue weighted by Gasteiger charge is -2.33. The molecule has 0 aromatic heterocycles. The lowest BCUT2D eigenvalue weighted by Crippen LogP contribution is -2.46. The Bertz CT molecular complexity index is 368. The fourth-order valence-electron chi connectivity index (χ4n) is 5.41. The van der Waals surface area contributed by atoms with Gasteiger partial charge in [-0.05, 0) is 61.7 Å². The molecule has 20 heavy (non-hydrogen) atoms. The summed E-state index contributed by atoms with van der Waals surface area (Å²) in [5.74, 6) is 4.35. The van der Waals surface area contributed by atoms with Crippen LogP contribution in [0.3, 0.4) is 0 Å². The molecule has 3 nitrogen and oxygen atoms in total. The maximum Gasteiger partial charge on any atom is 0.224 e. The number of nitrogens with one attached hydrogen (secondary N) is 1. The number of carbonyl (C=O) groups excluding carboxylic acids is 1. The first-order valence-corrected chi connectivity index (χ1v) is 8.60. The van der Waals surface area contributed by atoms with Crippen LogP contribution in [-0.4, -0.2) is 18.5 Å². The quantitative estimate of drug-likeness (QED) is 0.812. The third-order valence-electron chi connectivity index (χ3n) is 6.17. The number of fused-ring (bicyclic) bond motifs is 5. The lowest BCUT2D eigenvalue weighted by molar-refractivity contribution is -0.126. The molecule has 3 aliphatic carbocycles. The molecule has 6 atom stereocenters. The van der Waals surface area contributed by atoms with Crippen LogP contribution in [0.1, 0.15) is 52.4 Å². The van der Waals surface area contributed by atoms with Crippen molar-refractivity contribution in [2.24, 2.45) is 41.2 Å². The molecule has 0 aromatic rings. The average Bonchev–Trinajstić information content (AvgIpc) is 3.06. The second kappa shape index (κ2) is 5.67. The third-order valence-corrected chi connectivity index (χ3v) is 6.17. The van der Waals surface area contributed by atoms with E-state index >= 15 is 0 Å². The second-order valence-corrected chi connectivity index (χ2v) is 7.83. The summed E-state index contributed by atoms with van der Waals surface area (Å²) in [5.41, 5.74) is 5.80. The van der Waals surface area contributed by atoms with Gasteiger partial charge in [0.15, 0.2) is 0 Å². The minimum atomic E-state index is 0.00787. The Kier molecular flexibility index (Phi) is 4.07. The van der Waals surface area contributed by atoms with E-state index in [1.807, 2.05) is 0 Å². The molecule has 3 heteroatoms. The topological polar surface area (TPSA) is 55.1 Å². The van der Waals surface area contributed by atoms with Gasteiger partial charge in [0.25, 0.3) is 0 Å². The van der Waals surface area contributed by atoms with Gasteiger partial charge < -0.3 is 11.1 Å². The van der Waals surface area contributed by atoms with Crippen molar-refractivity contribution in [3.63, 3.8) is 0 Å². The van der Waals surface area contributed by atoms with Crippen molar-refractivity contribution in [3.05, 3.63) is 0 Å². The molecule has 0 saturated heterocycles. The number of hydrogen-bond acceptors (Lipinski definition) is 2. The molecule has 114 valence electrons. The van der Waals surface area contributed by atoms with E-state index in [9.17, 15) is 4.79 Å². The fourth-order valence-corrected chi connectivity index (χ4v) is 5.41. The van der Waals surface area contributed by atoms with E-state index < -0.39 is 0 Å². The molecule has 6 unspecified atom stereocenters.